The van der Waals surface area contributed by atoms with Crippen molar-refractivity contribution in [3.05, 3.63) is 78.5 Å². The van der Waals surface area contributed by atoms with Gasteiger partial charge in [-0.3, -0.25) is 9.36 Å². The fourth-order valence-electron chi connectivity index (χ4n) is 5.06. The van der Waals surface area contributed by atoms with E-state index >= 15 is 0 Å². The monoisotopic (exact) mass is 615 g/mol. The molecule has 45 heavy (non-hydrogen) atoms. The molecule has 0 spiro atoms. The number of hydrogen-bond donors (Lipinski definition) is 2. The number of amides is 1. The van der Waals surface area contributed by atoms with Crippen molar-refractivity contribution in [2.75, 3.05) is 45.9 Å². The third-order valence-corrected chi connectivity index (χ3v) is 7.59. The molecule has 2 N–H and O–H groups in total. The van der Waals surface area contributed by atoms with E-state index in [4.69, 9.17) is 28.9 Å². The summed E-state index contributed by atoms with van der Waals surface area (Å²) in [4.78, 5) is 44.1. The first-order chi connectivity index (χ1) is 21.8. The Bertz CT molecular complexity index is 1630. The Labute approximate surface area is 261 Å². The van der Waals surface area contributed by atoms with Gasteiger partial charge in [-0.25, -0.2) is 14.8 Å². The second-order valence-corrected chi connectivity index (χ2v) is 10.7. The third-order valence-electron chi connectivity index (χ3n) is 7.59. The molecule has 1 atom stereocenters. The van der Waals surface area contributed by atoms with Crippen LogP contribution < -0.4 is 34.5 Å². The number of methoxy groups -OCH3 is 3. The average molecular weight is 616 g/mol. The van der Waals surface area contributed by atoms with Gasteiger partial charge < -0.3 is 34.5 Å². The summed E-state index contributed by atoms with van der Waals surface area (Å²) in [5.41, 5.74) is -0.401. The summed E-state index contributed by atoms with van der Waals surface area (Å²) >= 11 is 0. The quantitative estimate of drug-likeness (QED) is 0.146. The minimum absolute atomic E-state index is 0.0327. The van der Waals surface area contributed by atoms with Crippen molar-refractivity contribution >= 4 is 17.7 Å². The standard InChI is InChI=1S/C32H37N7O6/c1-21(2)26-17-28(37-31(36-26)38-14-12-34-20-38)39-15-13-33-19-32(39,30(41)45-24-10-8-23(42-3)9-11-24)29(40)35-18-22-6-7-25(43-4)16-27(22)44-5/h6-12,14,16-17,20-21,33H,13,15,18-19H2,1-5H3,(H,35,40). The van der Waals surface area contributed by atoms with Crippen molar-refractivity contribution in [1.29, 1.82) is 0 Å². The van der Waals surface area contributed by atoms with Gasteiger partial charge in [0.1, 0.15) is 35.1 Å². The van der Waals surface area contributed by atoms with Crippen molar-refractivity contribution in [2.45, 2.75) is 31.8 Å². The number of carbonyl (C=O) groups excluding carboxylic acids is 2. The lowest BCUT2D eigenvalue weighted by atomic mass is 9.92. The maximum absolute atomic E-state index is 14.4. The van der Waals surface area contributed by atoms with Crippen LogP contribution in [0.25, 0.3) is 5.95 Å². The summed E-state index contributed by atoms with van der Waals surface area (Å²) in [5, 5.41) is 6.20. The second kappa shape index (κ2) is 13.6. The van der Waals surface area contributed by atoms with Gasteiger partial charge in [0.15, 0.2) is 0 Å². The number of esters is 1. The van der Waals surface area contributed by atoms with E-state index in [-0.39, 0.29) is 31.3 Å². The van der Waals surface area contributed by atoms with E-state index in [1.54, 1.807) is 92.0 Å². The fourth-order valence-corrected chi connectivity index (χ4v) is 5.06. The van der Waals surface area contributed by atoms with Crippen LogP contribution in [0.3, 0.4) is 0 Å². The van der Waals surface area contributed by atoms with Crippen LogP contribution >= 0.6 is 0 Å². The summed E-state index contributed by atoms with van der Waals surface area (Å²) in [6, 6.07) is 13.7. The number of nitrogens with zero attached hydrogens (tertiary/aromatic N) is 5. The minimum Gasteiger partial charge on any atom is -0.497 e. The van der Waals surface area contributed by atoms with Gasteiger partial charge in [0, 0.05) is 56.3 Å². The van der Waals surface area contributed by atoms with Crippen LogP contribution in [0.2, 0.25) is 0 Å². The molecule has 1 aliphatic rings. The van der Waals surface area contributed by atoms with Gasteiger partial charge in [-0.05, 0) is 42.3 Å². The zero-order valence-electron chi connectivity index (χ0n) is 25.9. The molecule has 1 amide bonds. The Morgan fingerprint density at radius 1 is 0.978 bits per heavy atom. The first-order valence-corrected chi connectivity index (χ1v) is 14.5. The number of anilines is 1. The highest BCUT2D eigenvalue weighted by Gasteiger charge is 2.55. The van der Waals surface area contributed by atoms with Crippen LogP contribution in [0.1, 0.15) is 31.0 Å². The lowest BCUT2D eigenvalue weighted by molar-refractivity contribution is -0.147. The minimum atomic E-state index is -1.84. The molecule has 1 aliphatic heterocycles. The number of rotatable bonds is 11. The fraction of sp³-hybridized carbons (Fsp3) is 0.344. The van der Waals surface area contributed by atoms with Gasteiger partial charge in [-0.15, -0.1) is 0 Å². The second-order valence-electron chi connectivity index (χ2n) is 10.7. The Kier molecular flexibility index (Phi) is 9.48. The highest BCUT2D eigenvalue weighted by molar-refractivity contribution is 6.11. The number of carbonyl (C=O) groups is 2. The lowest BCUT2D eigenvalue weighted by Gasteiger charge is -2.44. The van der Waals surface area contributed by atoms with Crippen LogP contribution in [0.5, 0.6) is 23.0 Å². The average Bonchev–Trinajstić information content (AvgIpc) is 3.62. The molecule has 4 aromatic rings. The SMILES string of the molecule is COc1ccc(OC(=O)C2(C(=O)NCc3ccc(OC)cc3OC)CNCCN2c2cc(C(C)C)nc(-n3ccnc3)n2)cc1. The van der Waals surface area contributed by atoms with E-state index in [1.807, 2.05) is 19.9 Å². The van der Waals surface area contributed by atoms with Crippen molar-refractivity contribution in [3.8, 4) is 28.9 Å². The molecule has 0 aliphatic carbocycles. The van der Waals surface area contributed by atoms with Crippen LogP contribution in [-0.2, 0) is 16.1 Å². The topological polar surface area (TPSA) is 142 Å². The van der Waals surface area contributed by atoms with Crippen LogP contribution in [0.4, 0.5) is 5.82 Å². The molecule has 1 fully saturated rings. The van der Waals surface area contributed by atoms with E-state index in [0.717, 1.165) is 5.69 Å². The summed E-state index contributed by atoms with van der Waals surface area (Å²) in [5.74, 6) is 1.48. The van der Waals surface area contributed by atoms with Crippen LogP contribution in [-0.4, -0.2) is 77.9 Å². The number of ether oxygens (including phenoxy) is 4. The first-order valence-electron chi connectivity index (χ1n) is 14.5. The first kappa shape index (κ1) is 31.3. The molecule has 13 nitrogen and oxygen atoms in total. The van der Waals surface area contributed by atoms with Crippen molar-refractivity contribution in [3.63, 3.8) is 0 Å². The maximum atomic E-state index is 14.4. The number of imidazole rings is 1. The van der Waals surface area contributed by atoms with Crippen molar-refractivity contribution in [2.24, 2.45) is 0 Å². The maximum Gasteiger partial charge on any atom is 0.348 e. The van der Waals surface area contributed by atoms with Crippen molar-refractivity contribution in [1.82, 2.24) is 30.2 Å². The number of benzene rings is 2. The molecule has 3 heterocycles. The largest absolute Gasteiger partial charge is 0.497 e. The number of aromatic nitrogens is 4. The van der Waals surface area contributed by atoms with Gasteiger partial charge in [-0.2, -0.15) is 4.98 Å². The number of hydrogen-bond acceptors (Lipinski definition) is 11. The van der Waals surface area contributed by atoms with E-state index in [0.29, 0.717) is 41.1 Å². The van der Waals surface area contributed by atoms with Crippen LogP contribution in [0, 0.1) is 0 Å². The molecule has 2 aromatic carbocycles. The van der Waals surface area contributed by atoms with Crippen molar-refractivity contribution < 1.29 is 28.5 Å². The third kappa shape index (κ3) is 6.53. The number of piperazine rings is 1. The Morgan fingerprint density at radius 2 is 1.71 bits per heavy atom. The summed E-state index contributed by atoms with van der Waals surface area (Å²) < 4.78 is 23.7. The van der Waals surface area contributed by atoms with Crippen LogP contribution in [0.15, 0.2) is 67.3 Å². The Balaban J connectivity index is 1.57. The van der Waals surface area contributed by atoms with E-state index < -0.39 is 17.4 Å². The molecule has 236 valence electrons. The molecule has 0 radical (unpaired) electrons. The highest BCUT2D eigenvalue weighted by Crippen LogP contribution is 2.31. The molecule has 2 aromatic heterocycles. The van der Waals surface area contributed by atoms with Gasteiger partial charge >= 0.3 is 5.97 Å². The summed E-state index contributed by atoms with van der Waals surface area (Å²) in [7, 11) is 4.66. The molecule has 1 saturated heterocycles. The predicted molar refractivity (Wildman–Crippen MR) is 166 cm³/mol. The Hall–Kier alpha value is -5.17. The molecular formula is C32H37N7O6. The molecule has 0 saturated carbocycles. The zero-order valence-corrected chi connectivity index (χ0v) is 25.9. The number of nitrogens with one attached hydrogen (secondary N) is 2. The predicted octanol–water partition coefficient (Wildman–Crippen LogP) is 2.88. The van der Waals surface area contributed by atoms with Gasteiger partial charge in [-0.1, -0.05) is 13.8 Å². The van der Waals surface area contributed by atoms with Gasteiger partial charge in [0.2, 0.25) is 11.5 Å². The van der Waals surface area contributed by atoms with E-state index in [1.165, 1.54) is 0 Å². The molecule has 0 bridgehead atoms. The van der Waals surface area contributed by atoms with E-state index in [9.17, 15) is 9.59 Å². The smallest absolute Gasteiger partial charge is 0.348 e. The summed E-state index contributed by atoms with van der Waals surface area (Å²) in [6.45, 7) is 4.87. The summed E-state index contributed by atoms with van der Waals surface area (Å²) in [6.07, 6.45) is 4.97. The highest BCUT2D eigenvalue weighted by atomic mass is 16.5. The molecular weight excluding hydrogens is 578 g/mol. The normalized spacial score (nSPS) is 16.3. The van der Waals surface area contributed by atoms with Gasteiger partial charge in [0.25, 0.3) is 5.91 Å². The molecule has 1 unspecified atom stereocenters. The van der Waals surface area contributed by atoms with E-state index in [2.05, 4.69) is 15.6 Å². The van der Waals surface area contributed by atoms with Gasteiger partial charge in [0.05, 0.1) is 27.0 Å². The lowest BCUT2D eigenvalue weighted by Crippen LogP contribution is -2.73. The Morgan fingerprint density at radius 3 is 2.38 bits per heavy atom. The molecule has 13 heteroatoms. The zero-order chi connectivity index (χ0) is 32.0. The molecule has 5 rings (SSSR count).